The number of aryl methyl sites for hydroxylation is 1. The van der Waals surface area contributed by atoms with Crippen LogP contribution in [-0.4, -0.2) is 22.9 Å². The summed E-state index contributed by atoms with van der Waals surface area (Å²) in [5, 5.41) is 0. The third-order valence-electron chi connectivity index (χ3n) is 3.62. The van der Waals surface area contributed by atoms with Crippen molar-refractivity contribution in [3.8, 4) is 11.5 Å². The Hall–Kier alpha value is -1.75. The molecular weight excluding hydrogens is 254 g/mol. The van der Waals surface area contributed by atoms with E-state index in [2.05, 4.69) is 18.4 Å². The number of benzene rings is 1. The molecule has 1 aliphatic heterocycles. The molecular formula is C15H21N3O2. The van der Waals surface area contributed by atoms with Gasteiger partial charge in [-0.15, -0.1) is 0 Å². The first-order valence-corrected chi connectivity index (χ1v) is 7.20. The largest absolute Gasteiger partial charge is 0.454 e. The zero-order valence-electron chi connectivity index (χ0n) is 12.1. The maximum absolute atomic E-state index is 5.59. The number of aromatic nitrogens is 2. The van der Waals surface area contributed by atoms with Crippen molar-refractivity contribution in [2.24, 2.45) is 5.73 Å². The molecule has 0 saturated heterocycles. The number of ether oxygens (including phenoxy) is 2. The predicted molar refractivity (Wildman–Crippen MR) is 78.2 cm³/mol. The van der Waals surface area contributed by atoms with Crippen LogP contribution in [0.25, 0.3) is 11.0 Å². The minimum Gasteiger partial charge on any atom is -0.454 e. The highest BCUT2D eigenvalue weighted by Gasteiger charge is 2.20. The van der Waals surface area contributed by atoms with Gasteiger partial charge in [-0.3, -0.25) is 0 Å². The van der Waals surface area contributed by atoms with Gasteiger partial charge in [0.15, 0.2) is 11.5 Å². The van der Waals surface area contributed by atoms with Gasteiger partial charge in [0, 0.05) is 24.6 Å². The minimum absolute atomic E-state index is 0.298. The van der Waals surface area contributed by atoms with E-state index >= 15 is 0 Å². The Bertz CT molecular complexity index is 619. The molecule has 2 N–H and O–H groups in total. The normalized spacial score (nSPS) is 13.6. The van der Waals surface area contributed by atoms with Crippen LogP contribution in [0.15, 0.2) is 12.1 Å². The molecule has 0 atom stereocenters. The van der Waals surface area contributed by atoms with E-state index in [9.17, 15) is 0 Å². The molecule has 1 aromatic carbocycles. The minimum atomic E-state index is 0.298. The second-order valence-corrected chi connectivity index (χ2v) is 5.47. The van der Waals surface area contributed by atoms with E-state index in [0.29, 0.717) is 12.7 Å². The SMILES string of the molecule is CC(C)c1nc2cc3c(cc2n1CCCCN)OCO3. The van der Waals surface area contributed by atoms with Crippen LogP contribution >= 0.6 is 0 Å². The van der Waals surface area contributed by atoms with Gasteiger partial charge in [0.25, 0.3) is 0 Å². The van der Waals surface area contributed by atoms with E-state index in [1.54, 1.807) is 0 Å². The average Bonchev–Trinajstić information content (AvgIpc) is 3.00. The smallest absolute Gasteiger partial charge is 0.231 e. The van der Waals surface area contributed by atoms with E-state index in [1.807, 2.05) is 12.1 Å². The van der Waals surface area contributed by atoms with E-state index < -0.39 is 0 Å². The maximum Gasteiger partial charge on any atom is 0.231 e. The molecule has 0 bridgehead atoms. The van der Waals surface area contributed by atoms with Crippen LogP contribution in [0.4, 0.5) is 0 Å². The maximum atomic E-state index is 5.59. The molecule has 5 nitrogen and oxygen atoms in total. The molecule has 0 amide bonds. The topological polar surface area (TPSA) is 62.3 Å². The number of nitrogens with zero attached hydrogens (tertiary/aromatic N) is 2. The molecule has 0 unspecified atom stereocenters. The summed E-state index contributed by atoms with van der Waals surface area (Å²) in [6, 6.07) is 4.02. The zero-order valence-corrected chi connectivity index (χ0v) is 12.1. The number of hydrogen-bond acceptors (Lipinski definition) is 4. The lowest BCUT2D eigenvalue weighted by Crippen LogP contribution is -2.07. The highest BCUT2D eigenvalue weighted by molar-refractivity contribution is 5.81. The van der Waals surface area contributed by atoms with Gasteiger partial charge in [0.05, 0.1) is 11.0 Å². The van der Waals surface area contributed by atoms with Gasteiger partial charge < -0.3 is 19.8 Å². The van der Waals surface area contributed by atoms with E-state index in [4.69, 9.17) is 20.2 Å². The van der Waals surface area contributed by atoms with Crippen molar-refractivity contribution in [2.75, 3.05) is 13.3 Å². The summed E-state index contributed by atoms with van der Waals surface area (Å²) < 4.78 is 13.2. The predicted octanol–water partition coefficient (Wildman–Crippen LogP) is 2.63. The Morgan fingerprint density at radius 1 is 1.25 bits per heavy atom. The van der Waals surface area contributed by atoms with Crippen LogP contribution in [0.5, 0.6) is 11.5 Å². The molecule has 1 aliphatic rings. The average molecular weight is 275 g/mol. The molecule has 0 radical (unpaired) electrons. The van der Waals surface area contributed by atoms with Crippen LogP contribution in [-0.2, 0) is 6.54 Å². The number of hydrogen-bond donors (Lipinski definition) is 1. The first-order chi connectivity index (χ1) is 9.70. The van der Waals surface area contributed by atoms with Crippen molar-refractivity contribution in [1.82, 2.24) is 9.55 Å². The Morgan fingerprint density at radius 2 is 2.00 bits per heavy atom. The van der Waals surface area contributed by atoms with E-state index in [0.717, 1.165) is 54.3 Å². The van der Waals surface area contributed by atoms with Gasteiger partial charge in [0.1, 0.15) is 5.82 Å². The Labute approximate surface area is 118 Å². The van der Waals surface area contributed by atoms with Crippen molar-refractivity contribution in [3.63, 3.8) is 0 Å². The van der Waals surface area contributed by atoms with Gasteiger partial charge in [0.2, 0.25) is 6.79 Å². The monoisotopic (exact) mass is 275 g/mol. The molecule has 1 aromatic heterocycles. The summed E-state index contributed by atoms with van der Waals surface area (Å²) in [7, 11) is 0. The standard InChI is InChI=1S/C15H21N3O2/c1-10(2)15-17-11-7-13-14(20-9-19-13)8-12(11)18(15)6-4-3-5-16/h7-8,10H,3-6,9,16H2,1-2H3. The molecule has 2 heterocycles. The summed E-state index contributed by atoms with van der Waals surface area (Å²) in [6.45, 7) is 6.31. The molecule has 0 fully saturated rings. The second kappa shape index (κ2) is 5.32. The Balaban J connectivity index is 2.05. The number of nitrogens with two attached hydrogens (primary N) is 1. The van der Waals surface area contributed by atoms with Crippen molar-refractivity contribution >= 4 is 11.0 Å². The summed E-state index contributed by atoms with van der Waals surface area (Å²) in [5.74, 6) is 3.10. The van der Waals surface area contributed by atoms with Gasteiger partial charge in [-0.05, 0) is 19.4 Å². The molecule has 2 aromatic rings. The fraction of sp³-hybridized carbons (Fsp3) is 0.533. The van der Waals surface area contributed by atoms with Crippen LogP contribution < -0.4 is 15.2 Å². The number of imidazole rings is 1. The van der Waals surface area contributed by atoms with Gasteiger partial charge in [-0.25, -0.2) is 4.98 Å². The second-order valence-electron chi connectivity index (χ2n) is 5.47. The van der Waals surface area contributed by atoms with Crippen LogP contribution in [0.2, 0.25) is 0 Å². The Kier molecular flexibility index (Phi) is 3.53. The summed E-state index contributed by atoms with van der Waals surface area (Å²) in [4.78, 5) is 4.76. The molecule has 0 spiro atoms. The van der Waals surface area contributed by atoms with E-state index in [-0.39, 0.29) is 0 Å². The number of unbranched alkanes of at least 4 members (excludes halogenated alkanes) is 1. The van der Waals surface area contributed by atoms with Crippen molar-refractivity contribution < 1.29 is 9.47 Å². The quantitative estimate of drug-likeness (QED) is 0.852. The lowest BCUT2D eigenvalue weighted by atomic mass is 10.2. The fourth-order valence-corrected chi connectivity index (χ4v) is 2.62. The van der Waals surface area contributed by atoms with Crippen LogP contribution in [0.3, 0.4) is 0 Å². The molecule has 108 valence electrons. The molecule has 3 rings (SSSR count). The highest BCUT2D eigenvalue weighted by Crippen LogP contribution is 2.37. The number of fused-ring (bicyclic) bond motifs is 2. The molecule has 0 aliphatic carbocycles. The van der Waals surface area contributed by atoms with Crippen LogP contribution in [0, 0.1) is 0 Å². The lowest BCUT2D eigenvalue weighted by Gasteiger charge is -2.11. The lowest BCUT2D eigenvalue weighted by molar-refractivity contribution is 0.174. The summed E-state index contributed by atoms with van der Waals surface area (Å²) >= 11 is 0. The zero-order chi connectivity index (χ0) is 14.1. The third kappa shape index (κ3) is 2.22. The van der Waals surface area contributed by atoms with Gasteiger partial charge in [-0.2, -0.15) is 0 Å². The van der Waals surface area contributed by atoms with E-state index in [1.165, 1.54) is 0 Å². The fourth-order valence-electron chi connectivity index (χ4n) is 2.62. The highest BCUT2D eigenvalue weighted by atomic mass is 16.7. The summed E-state index contributed by atoms with van der Waals surface area (Å²) in [6.07, 6.45) is 2.10. The van der Waals surface area contributed by atoms with Crippen molar-refractivity contribution in [3.05, 3.63) is 18.0 Å². The third-order valence-corrected chi connectivity index (χ3v) is 3.62. The molecule has 0 saturated carbocycles. The van der Waals surface area contributed by atoms with Crippen LogP contribution in [0.1, 0.15) is 38.4 Å². The first kappa shape index (κ1) is 13.2. The molecule has 20 heavy (non-hydrogen) atoms. The number of rotatable bonds is 5. The van der Waals surface area contributed by atoms with Crippen molar-refractivity contribution in [2.45, 2.75) is 39.2 Å². The van der Waals surface area contributed by atoms with Gasteiger partial charge in [-0.1, -0.05) is 13.8 Å². The van der Waals surface area contributed by atoms with Gasteiger partial charge >= 0.3 is 0 Å². The van der Waals surface area contributed by atoms with Crippen molar-refractivity contribution in [1.29, 1.82) is 0 Å². The first-order valence-electron chi connectivity index (χ1n) is 7.20. The summed E-state index contributed by atoms with van der Waals surface area (Å²) in [5.41, 5.74) is 7.69. The molecule has 5 heteroatoms. The Morgan fingerprint density at radius 3 is 2.70 bits per heavy atom.